The summed E-state index contributed by atoms with van der Waals surface area (Å²) in [5, 5.41) is 3.42. The zero-order valence-electron chi connectivity index (χ0n) is 10.9. The van der Waals surface area contributed by atoms with E-state index in [0.717, 1.165) is 13.0 Å². The molecule has 0 saturated heterocycles. The Balaban J connectivity index is 2.18. The molecule has 1 N–H and O–H groups in total. The minimum absolute atomic E-state index is 0.143. The predicted molar refractivity (Wildman–Crippen MR) is 67.9 cm³/mol. The first-order chi connectivity index (χ1) is 8.30. The third kappa shape index (κ3) is 5.26. The van der Waals surface area contributed by atoms with Crippen molar-refractivity contribution >= 4 is 10.8 Å². The van der Waals surface area contributed by atoms with Gasteiger partial charge in [0.1, 0.15) is 0 Å². The Labute approximate surface area is 109 Å². The molecule has 2 nitrogen and oxygen atoms in total. The Morgan fingerprint density at radius 3 is 2.28 bits per heavy atom. The van der Waals surface area contributed by atoms with Crippen LogP contribution in [0.5, 0.6) is 0 Å². The first-order valence-electron chi connectivity index (χ1n) is 6.43. The Kier molecular flexibility index (Phi) is 6.11. The van der Waals surface area contributed by atoms with Crippen LogP contribution in [-0.2, 0) is 10.8 Å². The van der Waals surface area contributed by atoms with Crippen LogP contribution < -0.4 is 5.32 Å². The smallest absolute Gasteiger partial charge is 0.314 e. The molecule has 1 aliphatic rings. The number of hydrogen-bond acceptors (Lipinski definition) is 2. The SMILES string of the molecule is CC(CCNC1CCC(C(F)(F)F)CC1)S(C)=O. The van der Waals surface area contributed by atoms with Crippen molar-refractivity contribution in [1.82, 2.24) is 5.32 Å². The van der Waals surface area contributed by atoms with Gasteiger partial charge in [-0.1, -0.05) is 6.92 Å². The summed E-state index contributed by atoms with van der Waals surface area (Å²) in [6, 6.07) is 0.195. The third-order valence-electron chi connectivity index (χ3n) is 3.74. The summed E-state index contributed by atoms with van der Waals surface area (Å²) in [5.74, 6) is -1.11. The van der Waals surface area contributed by atoms with Gasteiger partial charge in [0.25, 0.3) is 0 Å². The van der Waals surface area contributed by atoms with E-state index in [1.165, 1.54) is 0 Å². The molecule has 0 spiro atoms. The van der Waals surface area contributed by atoms with Gasteiger partial charge in [-0.05, 0) is 38.6 Å². The molecule has 0 aromatic heterocycles. The monoisotopic (exact) mass is 285 g/mol. The van der Waals surface area contributed by atoms with Gasteiger partial charge in [-0.15, -0.1) is 0 Å². The highest BCUT2D eigenvalue weighted by Crippen LogP contribution is 2.37. The molecule has 0 aliphatic heterocycles. The number of alkyl halides is 3. The van der Waals surface area contributed by atoms with Crippen molar-refractivity contribution in [1.29, 1.82) is 0 Å². The molecule has 0 heterocycles. The van der Waals surface area contributed by atoms with Crippen LogP contribution in [0.25, 0.3) is 0 Å². The van der Waals surface area contributed by atoms with Crippen LogP contribution in [0.4, 0.5) is 13.2 Å². The van der Waals surface area contributed by atoms with E-state index in [0.29, 0.717) is 12.8 Å². The van der Waals surface area contributed by atoms with E-state index in [4.69, 9.17) is 0 Å². The molecule has 1 fully saturated rings. The second-order valence-electron chi connectivity index (χ2n) is 5.14. The number of nitrogens with one attached hydrogen (secondary N) is 1. The molecule has 1 rings (SSSR count). The molecule has 6 heteroatoms. The molecule has 0 radical (unpaired) electrons. The van der Waals surface area contributed by atoms with Gasteiger partial charge in [-0.2, -0.15) is 13.2 Å². The van der Waals surface area contributed by atoms with E-state index >= 15 is 0 Å². The molecular formula is C12H22F3NOS. The van der Waals surface area contributed by atoms with Crippen LogP contribution in [0.3, 0.4) is 0 Å². The van der Waals surface area contributed by atoms with E-state index < -0.39 is 22.9 Å². The van der Waals surface area contributed by atoms with E-state index in [2.05, 4.69) is 5.32 Å². The second-order valence-corrected chi connectivity index (χ2v) is 6.94. The Hall–Kier alpha value is -0.100. The van der Waals surface area contributed by atoms with E-state index in [1.54, 1.807) is 6.26 Å². The normalized spacial score (nSPS) is 28.9. The maximum atomic E-state index is 12.5. The summed E-state index contributed by atoms with van der Waals surface area (Å²) in [6.45, 7) is 2.67. The van der Waals surface area contributed by atoms with Crippen LogP contribution in [0.1, 0.15) is 39.0 Å². The summed E-state index contributed by atoms with van der Waals surface area (Å²) in [4.78, 5) is 0. The number of halogens is 3. The van der Waals surface area contributed by atoms with Crippen LogP contribution in [-0.4, -0.2) is 34.5 Å². The summed E-state index contributed by atoms with van der Waals surface area (Å²) < 4.78 is 48.5. The Bertz CT molecular complexity index is 275. The molecule has 0 amide bonds. The average molecular weight is 285 g/mol. The van der Waals surface area contributed by atoms with Crippen LogP contribution in [0.15, 0.2) is 0 Å². The molecular weight excluding hydrogens is 263 g/mol. The summed E-state index contributed by atoms with van der Waals surface area (Å²) in [6.07, 6.45) is 0.106. The quantitative estimate of drug-likeness (QED) is 0.841. The highest BCUT2D eigenvalue weighted by molar-refractivity contribution is 7.84. The van der Waals surface area contributed by atoms with Gasteiger partial charge >= 0.3 is 6.18 Å². The molecule has 0 aromatic carbocycles. The van der Waals surface area contributed by atoms with Gasteiger partial charge in [-0.25, -0.2) is 0 Å². The fourth-order valence-electron chi connectivity index (χ4n) is 2.28. The van der Waals surface area contributed by atoms with Crippen molar-refractivity contribution in [3.8, 4) is 0 Å². The molecule has 18 heavy (non-hydrogen) atoms. The summed E-state index contributed by atoms with van der Waals surface area (Å²) in [7, 11) is -0.823. The highest BCUT2D eigenvalue weighted by Gasteiger charge is 2.41. The molecule has 0 bridgehead atoms. The van der Waals surface area contributed by atoms with Crippen LogP contribution >= 0.6 is 0 Å². The molecule has 0 aromatic rings. The van der Waals surface area contributed by atoms with Crippen molar-refractivity contribution in [3.05, 3.63) is 0 Å². The predicted octanol–water partition coefficient (Wildman–Crippen LogP) is 2.85. The minimum Gasteiger partial charge on any atom is -0.314 e. The van der Waals surface area contributed by atoms with Gasteiger partial charge in [0.15, 0.2) is 0 Å². The largest absolute Gasteiger partial charge is 0.391 e. The summed E-state index contributed by atoms with van der Waals surface area (Å²) in [5.41, 5.74) is 0. The highest BCUT2D eigenvalue weighted by atomic mass is 32.2. The van der Waals surface area contributed by atoms with Crippen molar-refractivity contribution in [2.45, 2.75) is 56.5 Å². The zero-order valence-corrected chi connectivity index (χ0v) is 11.7. The van der Waals surface area contributed by atoms with E-state index in [-0.39, 0.29) is 24.1 Å². The van der Waals surface area contributed by atoms with Gasteiger partial charge in [0.05, 0.1) is 5.92 Å². The zero-order chi connectivity index (χ0) is 13.8. The topological polar surface area (TPSA) is 29.1 Å². The van der Waals surface area contributed by atoms with Gasteiger partial charge in [-0.3, -0.25) is 4.21 Å². The van der Waals surface area contributed by atoms with Gasteiger partial charge in [0, 0.05) is 28.3 Å². The first kappa shape index (κ1) is 16.0. The fourth-order valence-corrected chi connectivity index (χ4v) is 2.73. The lowest BCUT2D eigenvalue weighted by Gasteiger charge is -2.30. The lowest BCUT2D eigenvalue weighted by atomic mass is 9.85. The lowest BCUT2D eigenvalue weighted by molar-refractivity contribution is -0.182. The van der Waals surface area contributed by atoms with E-state index in [1.807, 2.05) is 6.92 Å². The summed E-state index contributed by atoms with van der Waals surface area (Å²) >= 11 is 0. The molecule has 108 valence electrons. The van der Waals surface area contributed by atoms with Crippen molar-refractivity contribution in [2.75, 3.05) is 12.8 Å². The Morgan fingerprint density at radius 2 is 1.83 bits per heavy atom. The van der Waals surface area contributed by atoms with Crippen LogP contribution in [0, 0.1) is 5.92 Å². The molecule has 2 atom stereocenters. The second kappa shape index (κ2) is 6.89. The molecule has 1 aliphatic carbocycles. The molecule has 2 unspecified atom stereocenters. The lowest BCUT2D eigenvalue weighted by Crippen LogP contribution is -2.38. The number of rotatable bonds is 5. The van der Waals surface area contributed by atoms with Crippen molar-refractivity contribution in [3.63, 3.8) is 0 Å². The van der Waals surface area contributed by atoms with E-state index in [9.17, 15) is 17.4 Å². The first-order valence-corrected chi connectivity index (χ1v) is 8.05. The average Bonchev–Trinajstić information content (AvgIpc) is 2.28. The van der Waals surface area contributed by atoms with Crippen LogP contribution in [0.2, 0.25) is 0 Å². The minimum atomic E-state index is -4.03. The third-order valence-corrected chi connectivity index (χ3v) is 5.11. The van der Waals surface area contributed by atoms with Crippen molar-refractivity contribution < 1.29 is 17.4 Å². The number of hydrogen-bond donors (Lipinski definition) is 1. The van der Waals surface area contributed by atoms with Crippen molar-refractivity contribution in [2.24, 2.45) is 5.92 Å². The Morgan fingerprint density at radius 1 is 1.28 bits per heavy atom. The maximum Gasteiger partial charge on any atom is 0.391 e. The molecule has 1 saturated carbocycles. The van der Waals surface area contributed by atoms with Gasteiger partial charge in [0.2, 0.25) is 0 Å². The standard InChI is InChI=1S/C12H22F3NOS/c1-9(18(2)17)7-8-16-11-5-3-10(4-6-11)12(13,14)15/h9-11,16H,3-8H2,1-2H3. The fraction of sp³-hybridized carbons (Fsp3) is 1.00. The van der Waals surface area contributed by atoms with Gasteiger partial charge < -0.3 is 5.32 Å². The maximum absolute atomic E-state index is 12.5.